The number of nitrogens with one attached hydrogen (secondary N) is 2. The van der Waals surface area contributed by atoms with Crippen LogP contribution in [0.5, 0.6) is 0 Å². The van der Waals surface area contributed by atoms with E-state index in [0.29, 0.717) is 18.5 Å². The zero-order chi connectivity index (χ0) is 20.5. The van der Waals surface area contributed by atoms with Gasteiger partial charge in [-0.3, -0.25) is 19.2 Å². The summed E-state index contributed by atoms with van der Waals surface area (Å²) in [5, 5.41) is 5.18. The number of nitrogens with zero attached hydrogens (tertiary/aromatic N) is 1. The van der Waals surface area contributed by atoms with Crippen molar-refractivity contribution in [3.05, 3.63) is 29.8 Å². The lowest BCUT2D eigenvalue weighted by Crippen LogP contribution is -2.37. The third-order valence-electron chi connectivity index (χ3n) is 4.40. The number of hydrogen-bond donors (Lipinski definition) is 2. The second-order valence-electron chi connectivity index (χ2n) is 6.80. The number of esters is 1. The predicted molar refractivity (Wildman–Crippen MR) is 104 cm³/mol. The summed E-state index contributed by atoms with van der Waals surface area (Å²) in [6.45, 7) is 3.88. The standard InChI is InChI=1S/C20H27N3O5/c1-3-5-14(2)22-17(24)13-28-19(26)12-21-20(27)15-7-9-16(10-8-15)23-11-4-6-18(23)25/h7-10,14H,3-6,11-13H2,1-2H3,(H,21,27)(H,22,24)/t14-/m0/s1. The Labute approximate surface area is 164 Å². The SMILES string of the molecule is CCC[C@H](C)NC(=O)COC(=O)CNC(=O)c1ccc(N2CCCC2=O)cc1. The third kappa shape index (κ3) is 6.37. The minimum absolute atomic E-state index is 0.0229. The van der Waals surface area contributed by atoms with Crippen LogP contribution in [0.3, 0.4) is 0 Å². The summed E-state index contributed by atoms with van der Waals surface area (Å²) in [7, 11) is 0. The van der Waals surface area contributed by atoms with Crippen LogP contribution in [0.25, 0.3) is 0 Å². The van der Waals surface area contributed by atoms with Crippen molar-refractivity contribution in [3.8, 4) is 0 Å². The Kier molecular flexibility index (Phi) is 7.98. The van der Waals surface area contributed by atoms with Crippen LogP contribution in [-0.4, -0.2) is 49.4 Å². The maximum Gasteiger partial charge on any atom is 0.325 e. The maximum absolute atomic E-state index is 12.1. The van der Waals surface area contributed by atoms with Gasteiger partial charge in [-0.05, 0) is 44.0 Å². The number of rotatable bonds is 9. The van der Waals surface area contributed by atoms with Gasteiger partial charge in [-0.2, -0.15) is 0 Å². The molecule has 0 spiro atoms. The van der Waals surface area contributed by atoms with Crippen LogP contribution in [0.4, 0.5) is 5.69 Å². The first kappa shape index (κ1) is 21.4. The molecule has 1 atom stereocenters. The van der Waals surface area contributed by atoms with Crippen LogP contribution in [0.1, 0.15) is 49.9 Å². The van der Waals surface area contributed by atoms with Crippen LogP contribution in [-0.2, 0) is 19.1 Å². The van der Waals surface area contributed by atoms with Crippen molar-refractivity contribution in [3.63, 3.8) is 0 Å². The lowest BCUT2D eigenvalue weighted by molar-refractivity contribution is -0.147. The zero-order valence-corrected chi connectivity index (χ0v) is 16.3. The molecule has 152 valence electrons. The normalized spacial score (nSPS) is 14.5. The number of ether oxygens (including phenoxy) is 1. The molecule has 3 amide bonds. The van der Waals surface area contributed by atoms with Crippen molar-refractivity contribution in [2.24, 2.45) is 0 Å². The Morgan fingerprint density at radius 3 is 2.54 bits per heavy atom. The van der Waals surface area contributed by atoms with E-state index in [1.165, 1.54) is 0 Å². The van der Waals surface area contributed by atoms with Crippen LogP contribution in [0, 0.1) is 0 Å². The van der Waals surface area contributed by atoms with Gasteiger partial charge in [-0.15, -0.1) is 0 Å². The lowest BCUT2D eigenvalue weighted by Gasteiger charge is -2.15. The van der Waals surface area contributed by atoms with Crippen molar-refractivity contribution in [2.45, 2.75) is 45.6 Å². The molecule has 0 saturated carbocycles. The van der Waals surface area contributed by atoms with E-state index < -0.39 is 11.9 Å². The number of carbonyl (C=O) groups excluding carboxylic acids is 4. The van der Waals surface area contributed by atoms with Gasteiger partial charge < -0.3 is 20.3 Å². The van der Waals surface area contributed by atoms with Gasteiger partial charge in [0.2, 0.25) is 5.91 Å². The number of carbonyl (C=O) groups is 4. The van der Waals surface area contributed by atoms with E-state index in [9.17, 15) is 19.2 Å². The van der Waals surface area contributed by atoms with Crippen molar-refractivity contribution in [1.82, 2.24) is 10.6 Å². The molecule has 0 unspecified atom stereocenters. The molecule has 1 fully saturated rings. The minimum Gasteiger partial charge on any atom is -0.454 e. The van der Waals surface area contributed by atoms with E-state index in [0.717, 1.165) is 24.9 Å². The molecule has 0 aliphatic carbocycles. The average molecular weight is 389 g/mol. The molecular weight excluding hydrogens is 362 g/mol. The van der Waals surface area contributed by atoms with Gasteiger partial charge in [0.05, 0.1) is 0 Å². The van der Waals surface area contributed by atoms with Crippen molar-refractivity contribution in [1.29, 1.82) is 0 Å². The number of hydrogen-bond acceptors (Lipinski definition) is 5. The van der Waals surface area contributed by atoms with E-state index in [1.807, 2.05) is 13.8 Å². The Hall–Kier alpha value is -2.90. The Morgan fingerprint density at radius 1 is 1.21 bits per heavy atom. The smallest absolute Gasteiger partial charge is 0.325 e. The zero-order valence-electron chi connectivity index (χ0n) is 16.3. The molecule has 1 saturated heterocycles. The van der Waals surface area contributed by atoms with Gasteiger partial charge in [0.15, 0.2) is 6.61 Å². The fourth-order valence-electron chi connectivity index (χ4n) is 2.99. The molecule has 8 nitrogen and oxygen atoms in total. The van der Waals surface area contributed by atoms with Crippen molar-refractivity contribution in [2.75, 3.05) is 24.6 Å². The van der Waals surface area contributed by atoms with Crippen molar-refractivity contribution < 1.29 is 23.9 Å². The van der Waals surface area contributed by atoms with Gasteiger partial charge in [-0.1, -0.05) is 13.3 Å². The van der Waals surface area contributed by atoms with Gasteiger partial charge in [0.1, 0.15) is 6.54 Å². The van der Waals surface area contributed by atoms with Crippen LogP contribution in [0.2, 0.25) is 0 Å². The van der Waals surface area contributed by atoms with Crippen LogP contribution in [0.15, 0.2) is 24.3 Å². The summed E-state index contributed by atoms with van der Waals surface area (Å²) in [4.78, 5) is 48.9. The van der Waals surface area contributed by atoms with Crippen LogP contribution < -0.4 is 15.5 Å². The second-order valence-corrected chi connectivity index (χ2v) is 6.80. The average Bonchev–Trinajstić information content (AvgIpc) is 3.10. The highest BCUT2D eigenvalue weighted by Crippen LogP contribution is 2.21. The summed E-state index contributed by atoms with van der Waals surface area (Å²) in [5.41, 5.74) is 1.12. The molecule has 1 aliphatic heterocycles. The molecule has 0 bridgehead atoms. The second kappa shape index (κ2) is 10.4. The van der Waals surface area contributed by atoms with Crippen LogP contribution >= 0.6 is 0 Å². The maximum atomic E-state index is 12.1. The van der Waals surface area contributed by atoms with Gasteiger partial charge in [0.25, 0.3) is 11.8 Å². The fraction of sp³-hybridized carbons (Fsp3) is 0.500. The largest absolute Gasteiger partial charge is 0.454 e. The molecule has 1 heterocycles. The van der Waals surface area contributed by atoms with Gasteiger partial charge in [0, 0.05) is 30.3 Å². The van der Waals surface area contributed by atoms with Gasteiger partial charge in [-0.25, -0.2) is 0 Å². The molecule has 1 aliphatic rings. The molecule has 0 radical (unpaired) electrons. The first-order valence-corrected chi connectivity index (χ1v) is 9.54. The number of benzene rings is 1. The molecule has 2 rings (SSSR count). The Morgan fingerprint density at radius 2 is 1.93 bits per heavy atom. The van der Waals surface area contributed by atoms with E-state index in [4.69, 9.17) is 4.74 Å². The van der Waals surface area contributed by atoms with E-state index in [1.54, 1.807) is 29.2 Å². The summed E-state index contributed by atoms with van der Waals surface area (Å²) >= 11 is 0. The number of amides is 3. The highest BCUT2D eigenvalue weighted by Gasteiger charge is 2.21. The molecule has 28 heavy (non-hydrogen) atoms. The van der Waals surface area contributed by atoms with Gasteiger partial charge >= 0.3 is 5.97 Å². The van der Waals surface area contributed by atoms with E-state index in [-0.39, 0.29) is 31.0 Å². The Balaban J connectivity index is 1.73. The summed E-state index contributed by atoms with van der Waals surface area (Å²) in [6.07, 6.45) is 3.17. The lowest BCUT2D eigenvalue weighted by atomic mass is 10.2. The highest BCUT2D eigenvalue weighted by molar-refractivity contribution is 5.98. The van der Waals surface area contributed by atoms with E-state index in [2.05, 4.69) is 10.6 Å². The first-order chi connectivity index (χ1) is 13.4. The monoisotopic (exact) mass is 389 g/mol. The van der Waals surface area contributed by atoms with E-state index >= 15 is 0 Å². The molecule has 2 N–H and O–H groups in total. The summed E-state index contributed by atoms with van der Waals surface area (Å²) in [6, 6.07) is 6.64. The fourth-order valence-corrected chi connectivity index (χ4v) is 2.99. The highest BCUT2D eigenvalue weighted by atomic mass is 16.5. The summed E-state index contributed by atoms with van der Waals surface area (Å²) in [5.74, 6) is -1.41. The predicted octanol–water partition coefficient (Wildman–Crippen LogP) is 1.39. The minimum atomic E-state index is -0.689. The first-order valence-electron chi connectivity index (χ1n) is 9.54. The molecule has 1 aromatic carbocycles. The summed E-state index contributed by atoms with van der Waals surface area (Å²) < 4.78 is 4.86. The molecule has 8 heteroatoms. The topological polar surface area (TPSA) is 105 Å². The molecular formula is C20H27N3O5. The molecule has 1 aromatic rings. The molecule has 0 aromatic heterocycles. The third-order valence-corrected chi connectivity index (χ3v) is 4.40. The number of anilines is 1. The Bertz CT molecular complexity index is 717. The van der Waals surface area contributed by atoms with Crippen molar-refractivity contribution >= 4 is 29.4 Å². The quantitative estimate of drug-likeness (QED) is 0.621.